The number of nitrogens with one attached hydrogen (secondary N) is 3. The van der Waals surface area contributed by atoms with Crippen LogP contribution >= 0.6 is 0 Å². The number of nitrogens with two attached hydrogens (primary N) is 1. The molecule has 1 aliphatic heterocycles. The van der Waals surface area contributed by atoms with Crippen molar-refractivity contribution in [2.24, 2.45) is 5.73 Å². The molecule has 3 aromatic rings. The Morgan fingerprint density at radius 2 is 1.67 bits per heavy atom. The van der Waals surface area contributed by atoms with E-state index in [1.165, 1.54) is 12.1 Å². The van der Waals surface area contributed by atoms with Crippen molar-refractivity contribution in [3.63, 3.8) is 0 Å². The van der Waals surface area contributed by atoms with Crippen LogP contribution in [0.5, 0.6) is 5.75 Å². The molecule has 12 nitrogen and oxygen atoms in total. The van der Waals surface area contributed by atoms with Crippen LogP contribution in [0.2, 0.25) is 0 Å². The Hall–Kier alpha value is -3.85. The number of anilines is 3. The number of carbonyl (C=O) groups is 1. The number of hydroxylamine groups is 2. The second kappa shape index (κ2) is 12.6. The largest absolute Gasteiger partial charge is 0.573 e. The molecule has 2 aliphatic rings. The van der Waals surface area contributed by atoms with Crippen molar-refractivity contribution in [2.45, 2.75) is 82.9 Å². The van der Waals surface area contributed by atoms with Crippen LogP contribution < -0.4 is 26.4 Å². The van der Waals surface area contributed by atoms with E-state index >= 15 is 0 Å². The fourth-order valence-corrected chi connectivity index (χ4v) is 5.19. The Kier molecular flexibility index (Phi) is 8.87. The number of benzene rings is 1. The lowest BCUT2D eigenvalue weighted by Crippen LogP contribution is -2.41. The van der Waals surface area contributed by atoms with Gasteiger partial charge < -0.3 is 30.5 Å². The minimum absolute atomic E-state index is 0.0666. The number of amides is 1. The average Bonchev–Trinajstić information content (AvgIpc) is 3.36. The summed E-state index contributed by atoms with van der Waals surface area (Å²) in [6, 6.07) is 5.58. The van der Waals surface area contributed by atoms with Gasteiger partial charge in [-0.15, -0.1) is 18.2 Å². The fourth-order valence-electron chi connectivity index (χ4n) is 5.19. The molecule has 5 rings (SSSR count). The third-order valence-corrected chi connectivity index (χ3v) is 7.42. The van der Waals surface area contributed by atoms with Crippen molar-refractivity contribution >= 4 is 34.7 Å². The molecule has 3 heterocycles. The Balaban J connectivity index is 1.17. The van der Waals surface area contributed by atoms with Crippen molar-refractivity contribution in [2.75, 3.05) is 29.0 Å². The third-order valence-electron chi connectivity index (χ3n) is 7.42. The molecule has 0 atom stereocenters. The van der Waals surface area contributed by atoms with E-state index in [0.717, 1.165) is 43.5 Å². The van der Waals surface area contributed by atoms with Crippen LogP contribution in [0.25, 0.3) is 11.2 Å². The lowest BCUT2D eigenvalue weighted by atomic mass is 9.92. The zero-order chi connectivity index (χ0) is 29.9. The molecule has 0 spiro atoms. The van der Waals surface area contributed by atoms with Crippen molar-refractivity contribution in [1.29, 1.82) is 0 Å². The van der Waals surface area contributed by atoms with E-state index in [2.05, 4.69) is 39.5 Å². The van der Waals surface area contributed by atoms with Crippen LogP contribution in [-0.4, -0.2) is 68.3 Å². The Bertz CT molecular complexity index is 1350. The molecule has 42 heavy (non-hydrogen) atoms. The highest BCUT2D eigenvalue weighted by Gasteiger charge is 2.31. The highest BCUT2D eigenvalue weighted by atomic mass is 19.4. The topological polar surface area (TPSA) is 144 Å². The molecular weight excluding hydrogens is 555 g/mol. The molecular formula is C27H36F3N9O3. The van der Waals surface area contributed by atoms with E-state index in [0.29, 0.717) is 43.2 Å². The van der Waals surface area contributed by atoms with Gasteiger partial charge in [-0.2, -0.15) is 9.97 Å². The molecule has 1 amide bonds. The molecule has 15 heteroatoms. The number of halogens is 3. The number of imidazole rings is 1. The molecule has 1 saturated heterocycles. The van der Waals surface area contributed by atoms with Gasteiger partial charge in [0.2, 0.25) is 5.95 Å². The summed E-state index contributed by atoms with van der Waals surface area (Å²) in [5.74, 6) is 0.835. The van der Waals surface area contributed by atoms with Crippen LogP contribution in [0.3, 0.4) is 0 Å². The van der Waals surface area contributed by atoms with Crippen molar-refractivity contribution < 1.29 is 27.5 Å². The number of fused-ring (bicyclic) bond motifs is 1. The first kappa shape index (κ1) is 29.6. The number of alkyl halides is 3. The number of ether oxygens (including phenoxy) is 1. The minimum Gasteiger partial charge on any atom is -0.406 e. The highest BCUT2D eigenvalue weighted by Crippen LogP contribution is 2.28. The van der Waals surface area contributed by atoms with Gasteiger partial charge in [-0.05, 0) is 76.6 Å². The lowest BCUT2D eigenvalue weighted by Gasteiger charge is -2.31. The van der Waals surface area contributed by atoms with Gasteiger partial charge in [-0.25, -0.2) is 9.78 Å². The van der Waals surface area contributed by atoms with Gasteiger partial charge in [-0.1, -0.05) is 0 Å². The number of hydrogen-bond acceptors (Lipinski definition) is 10. The summed E-state index contributed by atoms with van der Waals surface area (Å²) in [6.45, 7) is 5.11. The zero-order valence-corrected chi connectivity index (χ0v) is 23.5. The molecule has 0 bridgehead atoms. The molecule has 0 unspecified atom stereocenters. The van der Waals surface area contributed by atoms with E-state index in [-0.39, 0.29) is 35.6 Å². The summed E-state index contributed by atoms with van der Waals surface area (Å²) in [6.07, 6.45) is 1.50. The first-order valence-electron chi connectivity index (χ1n) is 14.2. The second-order valence-electron chi connectivity index (χ2n) is 11.0. The summed E-state index contributed by atoms with van der Waals surface area (Å²) in [5.41, 5.74) is 7.81. The quantitative estimate of drug-likeness (QED) is 0.282. The predicted molar refractivity (Wildman–Crippen MR) is 151 cm³/mol. The van der Waals surface area contributed by atoms with E-state index < -0.39 is 12.5 Å². The number of hydrogen-bond donors (Lipinski definition) is 4. The fraction of sp³-hybridized carbons (Fsp3) is 0.556. The number of nitrogens with zero attached hydrogens (tertiary/aromatic N) is 5. The van der Waals surface area contributed by atoms with Crippen LogP contribution in [0.1, 0.15) is 58.4 Å². The smallest absolute Gasteiger partial charge is 0.406 e. The maximum atomic E-state index is 12.3. The Labute approximate surface area is 241 Å². The lowest BCUT2D eigenvalue weighted by molar-refractivity contribution is -0.274. The standard InChI is InChI=1S/C27H36F3N9O3/c1-16(2)39-15-32-22-23(36-25(37-24(22)39)34-18-5-3-17(31)4-6-18)33-20-11-13-38(14-12-20)42-26(40)35-19-7-9-21(10-8-19)41-27(28,29)30/h7-10,15-18,20H,3-6,11-14,31H2,1-2H3,(H,35,40)(H2,33,34,36,37)/t17-,18-. The number of carbonyl (C=O) groups excluding carboxylic acids is 1. The molecule has 2 fully saturated rings. The first-order valence-corrected chi connectivity index (χ1v) is 14.2. The maximum absolute atomic E-state index is 12.3. The van der Waals surface area contributed by atoms with Crippen molar-refractivity contribution in [3.8, 4) is 5.75 Å². The van der Waals surface area contributed by atoms with Gasteiger partial charge in [0.15, 0.2) is 17.0 Å². The van der Waals surface area contributed by atoms with Crippen LogP contribution in [0.4, 0.5) is 35.4 Å². The van der Waals surface area contributed by atoms with Crippen molar-refractivity contribution in [1.82, 2.24) is 24.6 Å². The predicted octanol–water partition coefficient (Wildman–Crippen LogP) is 5.03. The Morgan fingerprint density at radius 1 is 1.00 bits per heavy atom. The summed E-state index contributed by atoms with van der Waals surface area (Å²) in [4.78, 5) is 31.9. The van der Waals surface area contributed by atoms with Gasteiger partial charge in [0.05, 0.1) is 6.33 Å². The van der Waals surface area contributed by atoms with Gasteiger partial charge in [0.25, 0.3) is 0 Å². The van der Waals surface area contributed by atoms with Gasteiger partial charge in [0, 0.05) is 42.9 Å². The first-order chi connectivity index (χ1) is 20.0. The van der Waals surface area contributed by atoms with Crippen LogP contribution in [-0.2, 0) is 4.84 Å². The van der Waals surface area contributed by atoms with E-state index in [9.17, 15) is 18.0 Å². The Morgan fingerprint density at radius 3 is 2.31 bits per heavy atom. The average molecular weight is 592 g/mol. The minimum atomic E-state index is -4.78. The molecule has 2 aromatic heterocycles. The molecule has 5 N–H and O–H groups in total. The summed E-state index contributed by atoms with van der Waals surface area (Å²) in [7, 11) is 0. The number of aromatic nitrogens is 4. The molecule has 1 aliphatic carbocycles. The third kappa shape index (κ3) is 7.70. The van der Waals surface area contributed by atoms with E-state index in [1.807, 2.05) is 4.57 Å². The molecule has 228 valence electrons. The number of piperidine rings is 1. The van der Waals surface area contributed by atoms with E-state index in [1.54, 1.807) is 11.4 Å². The van der Waals surface area contributed by atoms with Gasteiger partial charge >= 0.3 is 12.5 Å². The summed E-state index contributed by atoms with van der Waals surface area (Å²) < 4.78 is 42.9. The second-order valence-corrected chi connectivity index (χ2v) is 11.0. The number of rotatable bonds is 8. The van der Waals surface area contributed by atoms with Crippen LogP contribution in [0, 0.1) is 0 Å². The van der Waals surface area contributed by atoms with Crippen LogP contribution in [0.15, 0.2) is 30.6 Å². The zero-order valence-electron chi connectivity index (χ0n) is 23.5. The van der Waals surface area contributed by atoms with Crippen molar-refractivity contribution in [3.05, 3.63) is 30.6 Å². The van der Waals surface area contributed by atoms with Gasteiger partial charge in [0.1, 0.15) is 5.75 Å². The van der Waals surface area contributed by atoms with E-state index in [4.69, 9.17) is 20.5 Å². The molecule has 1 aromatic carbocycles. The highest BCUT2D eigenvalue weighted by molar-refractivity contribution is 5.85. The van der Waals surface area contributed by atoms with Gasteiger partial charge in [-0.3, -0.25) is 5.32 Å². The summed E-state index contributed by atoms with van der Waals surface area (Å²) >= 11 is 0. The maximum Gasteiger partial charge on any atom is 0.573 e. The SMILES string of the molecule is CC(C)n1cnc2c(NC3CCN(OC(=O)Nc4ccc(OC(F)(F)F)cc4)CC3)nc(N[C@H]3CC[C@H](N)CC3)nc21. The molecule has 1 saturated carbocycles. The monoisotopic (exact) mass is 591 g/mol. The summed E-state index contributed by atoms with van der Waals surface area (Å²) in [5, 5.41) is 11.1. The normalized spacial score (nSPS) is 20.5. The molecule has 0 radical (unpaired) electrons.